The molecule has 4 rings (SSSR count). The largest absolute Gasteiger partial charge is 0.504 e. The summed E-state index contributed by atoms with van der Waals surface area (Å²) in [5.41, 5.74) is 3.65. The molecule has 4 nitrogen and oxygen atoms in total. The SMILES string of the molecule is O=C(C1=NCCc2cc(OCc3ccccc3)c(O)cc21)c1ccccc1. The summed E-state index contributed by atoms with van der Waals surface area (Å²) in [5.74, 6) is 0.306. The zero-order valence-electron chi connectivity index (χ0n) is 14.8. The molecule has 0 unspecified atom stereocenters. The zero-order valence-corrected chi connectivity index (χ0v) is 14.8. The summed E-state index contributed by atoms with van der Waals surface area (Å²) in [6.45, 7) is 0.918. The Bertz CT molecular complexity index is 995. The van der Waals surface area contributed by atoms with Gasteiger partial charge in [-0.3, -0.25) is 9.79 Å². The number of phenolic OH excluding ortho intramolecular Hbond substituents is 1. The number of benzene rings is 3. The van der Waals surface area contributed by atoms with Crippen LogP contribution < -0.4 is 4.74 Å². The van der Waals surface area contributed by atoms with Gasteiger partial charge < -0.3 is 9.84 Å². The molecule has 0 aliphatic carbocycles. The number of hydrogen-bond acceptors (Lipinski definition) is 4. The number of rotatable bonds is 5. The smallest absolute Gasteiger partial charge is 0.211 e. The topological polar surface area (TPSA) is 58.9 Å². The van der Waals surface area contributed by atoms with Crippen molar-refractivity contribution in [1.82, 2.24) is 0 Å². The fraction of sp³-hybridized carbons (Fsp3) is 0.130. The third-order valence-electron chi connectivity index (χ3n) is 4.58. The summed E-state index contributed by atoms with van der Waals surface area (Å²) in [5, 5.41) is 10.4. The molecule has 1 N–H and O–H groups in total. The molecule has 0 spiro atoms. The highest BCUT2D eigenvalue weighted by Crippen LogP contribution is 2.33. The lowest BCUT2D eigenvalue weighted by molar-refractivity contribution is 0.106. The predicted octanol–water partition coefficient (Wildman–Crippen LogP) is 4.20. The van der Waals surface area contributed by atoms with Crippen molar-refractivity contribution in [1.29, 1.82) is 0 Å². The van der Waals surface area contributed by atoms with E-state index in [0.29, 0.717) is 42.2 Å². The van der Waals surface area contributed by atoms with E-state index in [0.717, 1.165) is 11.1 Å². The third kappa shape index (κ3) is 3.60. The van der Waals surface area contributed by atoms with E-state index in [4.69, 9.17) is 4.74 Å². The molecule has 4 heteroatoms. The number of ketones is 1. The van der Waals surface area contributed by atoms with Gasteiger partial charge in [-0.25, -0.2) is 0 Å². The van der Waals surface area contributed by atoms with E-state index in [1.165, 1.54) is 0 Å². The lowest BCUT2D eigenvalue weighted by Gasteiger charge is -2.18. The van der Waals surface area contributed by atoms with Crippen LogP contribution in [0.4, 0.5) is 0 Å². The highest BCUT2D eigenvalue weighted by Gasteiger charge is 2.23. The van der Waals surface area contributed by atoms with Gasteiger partial charge in [0.15, 0.2) is 11.5 Å². The van der Waals surface area contributed by atoms with Crippen molar-refractivity contribution in [3.8, 4) is 11.5 Å². The van der Waals surface area contributed by atoms with Crippen LogP contribution in [0.3, 0.4) is 0 Å². The van der Waals surface area contributed by atoms with Crippen LogP contribution in [0.15, 0.2) is 77.8 Å². The summed E-state index contributed by atoms with van der Waals surface area (Å²) in [4.78, 5) is 17.3. The molecule has 0 aromatic heterocycles. The van der Waals surface area contributed by atoms with Crippen LogP contribution in [0.1, 0.15) is 27.0 Å². The first-order chi connectivity index (χ1) is 13.2. The number of aromatic hydroxyl groups is 1. The molecule has 0 bridgehead atoms. The number of nitrogens with zero attached hydrogens (tertiary/aromatic N) is 1. The number of aliphatic imine (C=N–C) groups is 1. The lowest BCUT2D eigenvalue weighted by atomic mass is 9.92. The van der Waals surface area contributed by atoms with Gasteiger partial charge in [0.05, 0.1) is 0 Å². The molecule has 1 aliphatic rings. The van der Waals surface area contributed by atoms with Crippen LogP contribution in [0.5, 0.6) is 11.5 Å². The molecule has 1 aliphatic heterocycles. The molecular weight excluding hydrogens is 338 g/mol. The van der Waals surface area contributed by atoms with Gasteiger partial charge in [-0.2, -0.15) is 0 Å². The fourth-order valence-electron chi connectivity index (χ4n) is 3.18. The monoisotopic (exact) mass is 357 g/mol. The number of phenols is 1. The number of hydrogen-bond donors (Lipinski definition) is 1. The second kappa shape index (κ2) is 7.46. The van der Waals surface area contributed by atoms with Crippen molar-refractivity contribution >= 4 is 11.5 Å². The maximum absolute atomic E-state index is 12.8. The van der Waals surface area contributed by atoms with E-state index in [1.807, 2.05) is 54.6 Å². The zero-order chi connectivity index (χ0) is 18.6. The van der Waals surface area contributed by atoms with Crippen LogP contribution in [0.2, 0.25) is 0 Å². The van der Waals surface area contributed by atoms with Crippen LogP contribution in [0.25, 0.3) is 0 Å². The standard InChI is InChI=1S/C23H19NO3/c25-20-14-19-18(13-21(20)27-15-16-7-3-1-4-8-16)11-12-24-22(19)23(26)17-9-5-2-6-10-17/h1-10,13-14,25H,11-12,15H2. The van der Waals surface area contributed by atoms with Crippen LogP contribution >= 0.6 is 0 Å². The summed E-state index contributed by atoms with van der Waals surface area (Å²) in [7, 11) is 0. The molecule has 3 aromatic carbocycles. The Hall–Kier alpha value is -3.40. The van der Waals surface area contributed by atoms with Gasteiger partial charge in [0.25, 0.3) is 0 Å². The lowest BCUT2D eigenvalue weighted by Crippen LogP contribution is -2.22. The van der Waals surface area contributed by atoms with Crippen molar-refractivity contribution in [2.45, 2.75) is 13.0 Å². The number of carbonyl (C=O) groups is 1. The van der Waals surface area contributed by atoms with Gasteiger partial charge in [0, 0.05) is 17.7 Å². The molecule has 0 amide bonds. The molecule has 3 aromatic rings. The fourth-order valence-corrected chi connectivity index (χ4v) is 3.18. The van der Waals surface area contributed by atoms with E-state index < -0.39 is 0 Å². The molecule has 0 saturated heterocycles. The highest BCUT2D eigenvalue weighted by atomic mass is 16.5. The van der Waals surface area contributed by atoms with Gasteiger partial charge in [-0.1, -0.05) is 60.7 Å². The summed E-state index contributed by atoms with van der Waals surface area (Å²) in [6, 6.07) is 22.3. The first-order valence-electron chi connectivity index (χ1n) is 8.89. The Morgan fingerprint density at radius 1 is 1.00 bits per heavy atom. The minimum Gasteiger partial charge on any atom is -0.504 e. The van der Waals surface area contributed by atoms with Gasteiger partial charge in [0.1, 0.15) is 12.3 Å². The van der Waals surface area contributed by atoms with Crippen molar-refractivity contribution in [2.75, 3.05) is 6.54 Å². The molecule has 0 saturated carbocycles. The Labute approximate surface area is 157 Å². The predicted molar refractivity (Wildman–Crippen MR) is 105 cm³/mol. The van der Waals surface area contributed by atoms with Crippen molar-refractivity contribution in [3.63, 3.8) is 0 Å². The minimum atomic E-state index is -0.131. The summed E-state index contributed by atoms with van der Waals surface area (Å²) < 4.78 is 5.79. The summed E-state index contributed by atoms with van der Waals surface area (Å²) >= 11 is 0. The molecule has 134 valence electrons. The molecular formula is C23H19NO3. The Balaban J connectivity index is 1.61. The quantitative estimate of drug-likeness (QED) is 0.696. The molecule has 0 fully saturated rings. The molecule has 0 radical (unpaired) electrons. The number of ether oxygens (including phenoxy) is 1. The minimum absolute atomic E-state index is 0.0140. The van der Waals surface area contributed by atoms with Crippen molar-refractivity contribution < 1.29 is 14.6 Å². The average molecular weight is 357 g/mol. The van der Waals surface area contributed by atoms with Gasteiger partial charge in [-0.15, -0.1) is 0 Å². The Morgan fingerprint density at radius 2 is 1.70 bits per heavy atom. The number of carbonyl (C=O) groups excluding carboxylic acids is 1. The van der Waals surface area contributed by atoms with E-state index in [9.17, 15) is 9.90 Å². The second-order valence-electron chi connectivity index (χ2n) is 6.43. The van der Waals surface area contributed by atoms with Gasteiger partial charge in [0.2, 0.25) is 5.78 Å². The van der Waals surface area contributed by atoms with Crippen molar-refractivity contribution in [2.24, 2.45) is 4.99 Å². The summed E-state index contributed by atoms with van der Waals surface area (Å²) in [6.07, 6.45) is 0.711. The maximum Gasteiger partial charge on any atom is 0.211 e. The number of Topliss-reactive ketones (excluding diaryl/α,β-unsaturated/α-hetero) is 1. The van der Waals surface area contributed by atoms with Crippen LogP contribution in [-0.2, 0) is 13.0 Å². The van der Waals surface area contributed by atoms with Crippen LogP contribution in [-0.4, -0.2) is 23.1 Å². The number of fused-ring (bicyclic) bond motifs is 1. The van der Waals surface area contributed by atoms with E-state index >= 15 is 0 Å². The van der Waals surface area contributed by atoms with Gasteiger partial charge >= 0.3 is 0 Å². The highest BCUT2D eigenvalue weighted by molar-refractivity contribution is 6.51. The second-order valence-corrected chi connectivity index (χ2v) is 6.43. The molecule has 0 atom stereocenters. The molecule has 1 heterocycles. The Morgan fingerprint density at radius 3 is 2.44 bits per heavy atom. The maximum atomic E-state index is 12.8. The first-order valence-corrected chi connectivity index (χ1v) is 8.89. The van der Waals surface area contributed by atoms with E-state index in [-0.39, 0.29) is 11.5 Å². The molecule has 27 heavy (non-hydrogen) atoms. The van der Waals surface area contributed by atoms with Crippen molar-refractivity contribution in [3.05, 3.63) is 95.1 Å². The average Bonchev–Trinajstić information content (AvgIpc) is 2.73. The Kier molecular flexibility index (Phi) is 4.71. The van der Waals surface area contributed by atoms with E-state index in [1.54, 1.807) is 18.2 Å². The third-order valence-corrected chi connectivity index (χ3v) is 4.58. The van der Waals surface area contributed by atoms with Gasteiger partial charge in [-0.05, 0) is 29.7 Å². The van der Waals surface area contributed by atoms with Crippen LogP contribution in [0, 0.1) is 0 Å². The first kappa shape index (κ1) is 17.0. The normalized spacial score (nSPS) is 12.8. The van der Waals surface area contributed by atoms with E-state index in [2.05, 4.69) is 4.99 Å².